The number of benzene rings is 2. The van der Waals surface area contributed by atoms with Crippen molar-refractivity contribution in [2.45, 2.75) is 18.2 Å². The topological polar surface area (TPSA) is 58.2 Å². The SMILES string of the molecule is Cc1ccc(NS(=O)(=O)c2ccc3c(c2)CCN3)c(Br)c1. The van der Waals surface area contributed by atoms with Crippen LogP contribution in [-0.4, -0.2) is 15.0 Å². The van der Waals surface area contributed by atoms with E-state index in [1.54, 1.807) is 18.2 Å². The number of fused-ring (bicyclic) bond motifs is 1. The van der Waals surface area contributed by atoms with Gasteiger partial charge in [-0.1, -0.05) is 6.07 Å². The van der Waals surface area contributed by atoms with E-state index in [9.17, 15) is 8.42 Å². The summed E-state index contributed by atoms with van der Waals surface area (Å²) in [6.45, 7) is 2.81. The highest BCUT2D eigenvalue weighted by Crippen LogP contribution is 2.28. The number of nitrogens with one attached hydrogen (secondary N) is 2. The number of halogens is 1. The molecule has 1 heterocycles. The molecule has 0 bridgehead atoms. The Kier molecular flexibility index (Phi) is 3.67. The third kappa shape index (κ3) is 2.91. The zero-order chi connectivity index (χ0) is 15.0. The first kappa shape index (κ1) is 14.4. The predicted octanol–water partition coefficient (Wildman–Crippen LogP) is 3.53. The van der Waals surface area contributed by atoms with E-state index in [1.807, 2.05) is 25.1 Å². The normalized spacial score (nSPS) is 13.6. The summed E-state index contributed by atoms with van der Waals surface area (Å²) in [5, 5.41) is 3.22. The molecule has 2 N–H and O–H groups in total. The Morgan fingerprint density at radius 3 is 2.76 bits per heavy atom. The maximum absolute atomic E-state index is 12.5. The summed E-state index contributed by atoms with van der Waals surface area (Å²) in [5.74, 6) is 0. The van der Waals surface area contributed by atoms with Crippen molar-refractivity contribution in [3.8, 4) is 0 Å². The number of hydrogen-bond acceptors (Lipinski definition) is 3. The predicted molar refractivity (Wildman–Crippen MR) is 88.3 cm³/mol. The van der Waals surface area contributed by atoms with E-state index in [4.69, 9.17) is 0 Å². The average Bonchev–Trinajstić information content (AvgIpc) is 2.89. The summed E-state index contributed by atoms with van der Waals surface area (Å²) in [4.78, 5) is 0.289. The summed E-state index contributed by atoms with van der Waals surface area (Å²) in [5.41, 5.74) is 3.67. The fraction of sp³-hybridized carbons (Fsp3) is 0.200. The lowest BCUT2D eigenvalue weighted by atomic mass is 10.2. The molecule has 0 unspecified atom stereocenters. The Morgan fingerprint density at radius 2 is 2.00 bits per heavy atom. The fourth-order valence-electron chi connectivity index (χ4n) is 2.35. The first-order valence-electron chi connectivity index (χ1n) is 6.61. The van der Waals surface area contributed by atoms with Crippen LogP contribution in [0.5, 0.6) is 0 Å². The van der Waals surface area contributed by atoms with E-state index in [0.717, 1.165) is 34.3 Å². The lowest BCUT2D eigenvalue weighted by molar-refractivity contribution is 0.601. The molecule has 0 amide bonds. The van der Waals surface area contributed by atoms with Crippen LogP contribution in [0.2, 0.25) is 0 Å². The molecule has 110 valence electrons. The van der Waals surface area contributed by atoms with Gasteiger partial charge in [0.2, 0.25) is 0 Å². The summed E-state index contributed by atoms with van der Waals surface area (Å²) < 4.78 is 28.3. The molecule has 0 aromatic heterocycles. The molecule has 1 aliphatic rings. The van der Waals surface area contributed by atoms with Gasteiger partial charge in [0.25, 0.3) is 10.0 Å². The number of sulfonamides is 1. The summed E-state index contributed by atoms with van der Waals surface area (Å²) in [6, 6.07) is 10.7. The highest BCUT2D eigenvalue weighted by Gasteiger charge is 2.19. The van der Waals surface area contributed by atoms with Crippen molar-refractivity contribution in [1.29, 1.82) is 0 Å². The van der Waals surface area contributed by atoms with Crippen LogP contribution in [0.1, 0.15) is 11.1 Å². The molecule has 0 saturated heterocycles. The minimum Gasteiger partial charge on any atom is -0.384 e. The number of rotatable bonds is 3. The Labute approximate surface area is 132 Å². The molecule has 0 fully saturated rings. The van der Waals surface area contributed by atoms with Crippen molar-refractivity contribution in [3.63, 3.8) is 0 Å². The Bertz CT molecular complexity index is 803. The van der Waals surface area contributed by atoms with Gasteiger partial charge >= 0.3 is 0 Å². The molecule has 3 rings (SSSR count). The average molecular weight is 367 g/mol. The van der Waals surface area contributed by atoms with Gasteiger partial charge in [-0.25, -0.2) is 8.42 Å². The van der Waals surface area contributed by atoms with Gasteiger partial charge < -0.3 is 5.32 Å². The molecule has 2 aromatic carbocycles. The first-order chi connectivity index (χ1) is 9.95. The van der Waals surface area contributed by atoms with Crippen molar-refractivity contribution >= 4 is 37.3 Å². The summed E-state index contributed by atoms with van der Waals surface area (Å²) in [7, 11) is -3.58. The quantitative estimate of drug-likeness (QED) is 0.873. The first-order valence-corrected chi connectivity index (χ1v) is 8.89. The molecular formula is C15H15BrN2O2S. The minimum atomic E-state index is -3.58. The van der Waals surface area contributed by atoms with Gasteiger partial charge in [0, 0.05) is 16.7 Å². The second-order valence-corrected chi connectivity index (χ2v) is 7.62. The molecule has 0 saturated carbocycles. The van der Waals surface area contributed by atoms with Crippen LogP contribution in [0.4, 0.5) is 11.4 Å². The van der Waals surface area contributed by atoms with Crippen LogP contribution in [-0.2, 0) is 16.4 Å². The third-order valence-electron chi connectivity index (χ3n) is 3.47. The standard InChI is InChI=1S/C15H15BrN2O2S/c1-10-2-4-15(13(16)8-10)18-21(19,20)12-3-5-14-11(9-12)6-7-17-14/h2-5,8-9,17-18H,6-7H2,1H3. The van der Waals surface area contributed by atoms with Crippen LogP contribution in [0.3, 0.4) is 0 Å². The smallest absolute Gasteiger partial charge is 0.261 e. The van der Waals surface area contributed by atoms with E-state index in [2.05, 4.69) is 26.0 Å². The zero-order valence-electron chi connectivity index (χ0n) is 11.5. The second kappa shape index (κ2) is 5.35. The molecule has 21 heavy (non-hydrogen) atoms. The van der Waals surface area contributed by atoms with Gasteiger partial charge in [0.15, 0.2) is 0 Å². The molecule has 4 nitrogen and oxygen atoms in total. The van der Waals surface area contributed by atoms with Crippen LogP contribution < -0.4 is 10.0 Å². The van der Waals surface area contributed by atoms with E-state index < -0.39 is 10.0 Å². The molecule has 0 spiro atoms. The van der Waals surface area contributed by atoms with Crippen LogP contribution in [0, 0.1) is 6.92 Å². The van der Waals surface area contributed by atoms with Gasteiger partial charge in [-0.2, -0.15) is 0 Å². The monoisotopic (exact) mass is 366 g/mol. The van der Waals surface area contributed by atoms with Crippen molar-refractivity contribution in [3.05, 3.63) is 52.0 Å². The fourth-order valence-corrected chi connectivity index (χ4v) is 4.21. The highest BCUT2D eigenvalue weighted by molar-refractivity contribution is 9.10. The number of anilines is 2. The zero-order valence-corrected chi connectivity index (χ0v) is 13.9. The van der Waals surface area contributed by atoms with E-state index in [1.165, 1.54) is 0 Å². The van der Waals surface area contributed by atoms with Gasteiger partial charge in [0.1, 0.15) is 0 Å². The van der Waals surface area contributed by atoms with E-state index >= 15 is 0 Å². The number of aryl methyl sites for hydroxylation is 1. The van der Waals surface area contributed by atoms with Crippen LogP contribution >= 0.6 is 15.9 Å². The largest absolute Gasteiger partial charge is 0.384 e. The van der Waals surface area contributed by atoms with E-state index in [0.29, 0.717) is 5.69 Å². The van der Waals surface area contributed by atoms with Crippen molar-refractivity contribution in [2.24, 2.45) is 0 Å². The summed E-state index contributed by atoms with van der Waals surface area (Å²) in [6.07, 6.45) is 0.854. The lowest BCUT2D eigenvalue weighted by Crippen LogP contribution is -2.13. The molecule has 0 radical (unpaired) electrons. The Morgan fingerprint density at radius 1 is 1.19 bits per heavy atom. The van der Waals surface area contributed by atoms with Gasteiger partial charge in [-0.15, -0.1) is 0 Å². The second-order valence-electron chi connectivity index (χ2n) is 5.08. The molecular weight excluding hydrogens is 352 g/mol. The maximum Gasteiger partial charge on any atom is 0.261 e. The van der Waals surface area contributed by atoms with Crippen molar-refractivity contribution < 1.29 is 8.42 Å². The highest BCUT2D eigenvalue weighted by atomic mass is 79.9. The van der Waals surface area contributed by atoms with Gasteiger partial charge in [-0.05, 0) is 70.7 Å². The Hall–Kier alpha value is -1.53. The molecule has 2 aromatic rings. The van der Waals surface area contributed by atoms with E-state index in [-0.39, 0.29) is 4.90 Å². The van der Waals surface area contributed by atoms with Gasteiger partial charge in [0.05, 0.1) is 10.6 Å². The maximum atomic E-state index is 12.5. The number of hydrogen-bond donors (Lipinski definition) is 2. The Balaban J connectivity index is 1.93. The molecule has 0 aliphatic carbocycles. The minimum absolute atomic E-state index is 0.289. The molecule has 0 atom stereocenters. The lowest BCUT2D eigenvalue weighted by Gasteiger charge is -2.11. The molecule has 1 aliphatic heterocycles. The van der Waals surface area contributed by atoms with Crippen LogP contribution in [0.25, 0.3) is 0 Å². The summed E-state index contributed by atoms with van der Waals surface area (Å²) >= 11 is 3.39. The molecule has 6 heteroatoms. The van der Waals surface area contributed by atoms with Crippen LogP contribution in [0.15, 0.2) is 45.8 Å². The van der Waals surface area contributed by atoms with Crippen molar-refractivity contribution in [2.75, 3.05) is 16.6 Å². The van der Waals surface area contributed by atoms with Crippen molar-refractivity contribution in [1.82, 2.24) is 0 Å². The van der Waals surface area contributed by atoms with Gasteiger partial charge in [-0.3, -0.25) is 4.72 Å². The third-order valence-corrected chi connectivity index (χ3v) is 5.48.